The van der Waals surface area contributed by atoms with E-state index in [1.54, 1.807) is 0 Å². The third kappa shape index (κ3) is 3.81. The Morgan fingerprint density at radius 1 is 1.36 bits per heavy atom. The van der Waals surface area contributed by atoms with E-state index >= 15 is 0 Å². The molecule has 1 aromatic carbocycles. The van der Waals surface area contributed by atoms with Crippen LogP contribution in [0.2, 0.25) is 0 Å². The van der Waals surface area contributed by atoms with Crippen molar-refractivity contribution in [1.29, 1.82) is 0 Å². The number of carboxylic acids is 1. The minimum Gasteiger partial charge on any atom is -0.493 e. The third-order valence-electron chi connectivity index (χ3n) is 3.28. The highest BCUT2D eigenvalue weighted by Crippen LogP contribution is 2.34. The number of benzene rings is 1. The summed E-state index contributed by atoms with van der Waals surface area (Å²) in [5.41, 5.74) is 0.0684. The maximum Gasteiger partial charge on any atom is 0.349 e. The molecule has 0 aliphatic rings. The summed E-state index contributed by atoms with van der Waals surface area (Å²) in [4.78, 5) is 22.4. The number of ketones is 1. The number of nitrogens with one attached hydrogen (secondary N) is 1. The Bertz CT molecular complexity index is 915. The monoisotopic (exact) mass is 371 g/mol. The quantitative estimate of drug-likeness (QED) is 0.525. The summed E-state index contributed by atoms with van der Waals surface area (Å²) in [7, 11) is -2.91. The molecule has 0 saturated carbocycles. The molecule has 9 nitrogen and oxygen atoms in total. The third-order valence-corrected chi connectivity index (χ3v) is 4.74. The van der Waals surface area contributed by atoms with E-state index in [9.17, 15) is 18.0 Å². The lowest BCUT2D eigenvalue weighted by atomic mass is 10.2. The van der Waals surface area contributed by atoms with Crippen molar-refractivity contribution in [3.05, 3.63) is 24.0 Å². The van der Waals surface area contributed by atoms with Gasteiger partial charge in [0.15, 0.2) is 22.9 Å². The lowest BCUT2D eigenvalue weighted by Crippen LogP contribution is -2.42. The van der Waals surface area contributed by atoms with Crippen molar-refractivity contribution in [3.63, 3.8) is 0 Å². The van der Waals surface area contributed by atoms with Crippen molar-refractivity contribution in [1.82, 2.24) is 4.72 Å². The van der Waals surface area contributed by atoms with E-state index in [-0.39, 0.29) is 34.0 Å². The second-order valence-corrected chi connectivity index (χ2v) is 6.65. The van der Waals surface area contributed by atoms with Crippen molar-refractivity contribution in [2.45, 2.75) is 25.0 Å². The van der Waals surface area contributed by atoms with Gasteiger partial charge in [-0.1, -0.05) is 0 Å². The van der Waals surface area contributed by atoms with Crippen LogP contribution in [0.1, 0.15) is 24.4 Å². The fourth-order valence-corrected chi connectivity index (χ4v) is 3.44. The molecule has 1 unspecified atom stereocenters. The van der Waals surface area contributed by atoms with Crippen LogP contribution in [0.15, 0.2) is 27.5 Å². The molecule has 1 atom stereocenters. The van der Waals surface area contributed by atoms with Gasteiger partial charge in [0.05, 0.1) is 12.0 Å². The van der Waals surface area contributed by atoms with Gasteiger partial charge in [-0.05, 0) is 25.1 Å². The van der Waals surface area contributed by atoms with Crippen LogP contribution in [0.3, 0.4) is 0 Å². The van der Waals surface area contributed by atoms with Crippen LogP contribution in [0.4, 0.5) is 0 Å². The molecule has 2 aromatic rings. The number of hydrogen-bond donors (Lipinski definition) is 2. The molecule has 0 bridgehead atoms. The van der Waals surface area contributed by atoms with E-state index in [1.165, 1.54) is 39.2 Å². The zero-order valence-corrected chi connectivity index (χ0v) is 14.5. The summed E-state index contributed by atoms with van der Waals surface area (Å²) in [5.74, 6) is -1.68. The molecule has 1 aromatic heterocycles. The summed E-state index contributed by atoms with van der Waals surface area (Å²) >= 11 is 0. The first-order valence-electron chi connectivity index (χ1n) is 7.19. The van der Waals surface area contributed by atoms with Crippen LogP contribution < -0.4 is 9.46 Å². The standard InChI is InChI=1S/C15H17NO8S/c1-4-23-14(15(18)19)16-25(20,21)12-6-5-10(22-3)13-9(12)7-11(24-13)8(2)17/h5-7,14,16H,4H2,1-3H3,(H,18,19). The van der Waals surface area contributed by atoms with Crippen LogP contribution in [0.25, 0.3) is 11.0 Å². The van der Waals surface area contributed by atoms with E-state index in [4.69, 9.17) is 19.0 Å². The molecule has 0 spiro atoms. The molecule has 0 amide bonds. The van der Waals surface area contributed by atoms with Crippen LogP contribution in [0.5, 0.6) is 5.75 Å². The second-order valence-electron chi connectivity index (χ2n) is 4.97. The molecule has 10 heteroatoms. The Hall–Kier alpha value is -2.43. The molecular weight excluding hydrogens is 354 g/mol. The van der Waals surface area contributed by atoms with Gasteiger partial charge >= 0.3 is 5.97 Å². The van der Waals surface area contributed by atoms with Crippen LogP contribution in [-0.4, -0.2) is 45.2 Å². The normalized spacial score (nSPS) is 12.9. The molecule has 0 radical (unpaired) electrons. The van der Waals surface area contributed by atoms with Gasteiger partial charge in [0.25, 0.3) is 0 Å². The molecule has 136 valence electrons. The molecule has 2 rings (SSSR count). The van der Waals surface area contributed by atoms with E-state index < -0.39 is 28.0 Å². The number of methoxy groups -OCH3 is 1. The number of carbonyl (C=O) groups excluding carboxylic acids is 1. The molecule has 0 saturated heterocycles. The van der Waals surface area contributed by atoms with E-state index in [2.05, 4.69) is 0 Å². The summed E-state index contributed by atoms with van der Waals surface area (Å²) in [6.07, 6.45) is -1.74. The topological polar surface area (TPSA) is 132 Å². The Kier molecular flexibility index (Phi) is 5.45. The highest BCUT2D eigenvalue weighted by Gasteiger charge is 2.29. The van der Waals surface area contributed by atoms with Gasteiger partial charge < -0.3 is 19.0 Å². The number of carboxylic acid groups (broad SMARTS) is 1. The molecule has 0 fully saturated rings. The molecule has 1 heterocycles. The molecule has 0 aliphatic heterocycles. The highest BCUT2D eigenvalue weighted by molar-refractivity contribution is 7.89. The zero-order valence-electron chi connectivity index (χ0n) is 13.7. The van der Waals surface area contributed by atoms with E-state index in [1.807, 2.05) is 4.72 Å². The number of hydrogen-bond acceptors (Lipinski definition) is 7. The van der Waals surface area contributed by atoms with Gasteiger partial charge in [-0.2, -0.15) is 4.72 Å². The first-order valence-corrected chi connectivity index (χ1v) is 8.67. The number of ether oxygens (including phenoxy) is 2. The largest absolute Gasteiger partial charge is 0.493 e. The average Bonchev–Trinajstić information content (AvgIpc) is 2.98. The van der Waals surface area contributed by atoms with Crippen LogP contribution in [-0.2, 0) is 19.6 Å². The number of sulfonamides is 1. The number of aliphatic carboxylic acids is 1. The van der Waals surface area contributed by atoms with Crippen molar-refractivity contribution < 1.29 is 37.0 Å². The first kappa shape index (κ1) is 18.9. The van der Waals surface area contributed by atoms with Crippen LogP contribution in [0, 0.1) is 0 Å². The molecular formula is C15H17NO8S. The zero-order chi connectivity index (χ0) is 18.8. The van der Waals surface area contributed by atoms with Crippen molar-refractivity contribution in [2.75, 3.05) is 13.7 Å². The van der Waals surface area contributed by atoms with Crippen molar-refractivity contribution in [3.8, 4) is 5.75 Å². The minimum atomic E-state index is -4.27. The number of carbonyl (C=O) groups is 2. The fraction of sp³-hybridized carbons (Fsp3) is 0.333. The van der Waals surface area contributed by atoms with Crippen LogP contribution >= 0.6 is 0 Å². The molecule has 0 aliphatic carbocycles. The minimum absolute atomic E-state index is 0.00228. The number of Topliss-reactive ketones (excluding diaryl/α,β-unsaturated/α-hetero) is 1. The van der Waals surface area contributed by atoms with E-state index in [0.717, 1.165) is 0 Å². The maximum absolute atomic E-state index is 12.6. The average molecular weight is 371 g/mol. The number of fused-ring (bicyclic) bond motifs is 1. The van der Waals surface area contributed by atoms with Gasteiger partial charge in [0.1, 0.15) is 0 Å². The maximum atomic E-state index is 12.6. The van der Waals surface area contributed by atoms with Gasteiger partial charge in [0, 0.05) is 18.9 Å². The van der Waals surface area contributed by atoms with E-state index in [0.29, 0.717) is 0 Å². The predicted octanol–water partition coefficient (Wildman–Crippen LogP) is 1.37. The summed E-state index contributed by atoms with van der Waals surface area (Å²) in [6, 6.07) is 3.85. The molecule has 2 N–H and O–H groups in total. The van der Waals surface area contributed by atoms with Crippen molar-refractivity contribution >= 4 is 32.7 Å². The summed E-state index contributed by atoms with van der Waals surface area (Å²) in [5, 5.41) is 9.15. The lowest BCUT2D eigenvalue weighted by molar-refractivity contribution is -0.150. The summed E-state index contributed by atoms with van der Waals surface area (Å²) < 4.78 is 42.5. The first-order chi connectivity index (χ1) is 11.7. The fourth-order valence-electron chi connectivity index (χ4n) is 2.17. The van der Waals surface area contributed by atoms with Gasteiger partial charge in [-0.3, -0.25) is 4.79 Å². The Morgan fingerprint density at radius 3 is 2.56 bits per heavy atom. The Labute approximate surface area is 143 Å². The number of furan rings is 1. The smallest absolute Gasteiger partial charge is 0.349 e. The Morgan fingerprint density at radius 2 is 2.04 bits per heavy atom. The van der Waals surface area contributed by atoms with Gasteiger partial charge in [-0.15, -0.1) is 0 Å². The SMILES string of the molecule is CCOC(NS(=O)(=O)c1ccc(OC)c2oc(C(C)=O)cc12)C(=O)O. The van der Waals surface area contributed by atoms with Gasteiger partial charge in [-0.25, -0.2) is 13.2 Å². The second kappa shape index (κ2) is 7.21. The predicted molar refractivity (Wildman–Crippen MR) is 86.1 cm³/mol. The highest BCUT2D eigenvalue weighted by atomic mass is 32.2. The molecule has 25 heavy (non-hydrogen) atoms. The van der Waals surface area contributed by atoms with Gasteiger partial charge in [0.2, 0.25) is 16.3 Å². The Balaban J connectivity index is 2.59. The lowest BCUT2D eigenvalue weighted by Gasteiger charge is -2.15. The number of rotatable bonds is 8. The summed E-state index contributed by atoms with van der Waals surface area (Å²) in [6.45, 7) is 2.80. The van der Waals surface area contributed by atoms with Crippen molar-refractivity contribution in [2.24, 2.45) is 0 Å².